The van der Waals surface area contributed by atoms with Crippen LogP contribution in [-0.2, 0) is 0 Å². The molecule has 0 radical (unpaired) electrons. The third kappa shape index (κ3) is 3.19. The third-order valence-corrected chi connectivity index (χ3v) is 3.81. The number of aromatic nitrogens is 2. The van der Waals surface area contributed by atoms with E-state index in [0.29, 0.717) is 23.3 Å². The molecule has 1 aromatic heterocycles. The Bertz CT molecular complexity index is 609. The fourth-order valence-corrected chi connectivity index (χ4v) is 2.70. The van der Waals surface area contributed by atoms with Crippen molar-refractivity contribution >= 4 is 11.6 Å². The van der Waals surface area contributed by atoms with E-state index in [1.165, 1.54) is 0 Å². The monoisotopic (exact) mass is 307 g/mol. The van der Waals surface area contributed by atoms with Crippen molar-refractivity contribution in [1.82, 2.24) is 15.5 Å². The Balaban J connectivity index is 1.90. The lowest BCUT2D eigenvalue weighted by atomic mass is 10.00. The number of benzene rings is 1. The van der Waals surface area contributed by atoms with Gasteiger partial charge in [-0.05, 0) is 44.5 Å². The first kappa shape index (κ1) is 14.4. The first-order valence-electron chi connectivity index (χ1n) is 7.25. The van der Waals surface area contributed by atoms with Gasteiger partial charge >= 0.3 is 0 Å². The van der Waals surface area contributed by atoms with Gasteiger partial charge in [0.15, 0.2) is 0 Å². The normalized spacial score (nSPS) is 18.7. The van der Waals surface area contributed by atoms with Gasteiger partial charge in [0.1, 0.15) is 5.75 Å². The Labute approximate surface area is 128 Å². The van der Waals surface area contributed by atoms with Crippen molar-refractivity contribution in [1.29, 1.82) is 0 Å². The fourth-order valence-electron chi connectivity index (χ4n) is 2.53. The van der Waals surface area contributed by atoms with Gasteiger partial charge in [0.25, 0.3) is 0 Å². The molecule has 0 amide bonds. The summed E-state index contributed by atoms with van der Waals surface area (Å²) in [5.41, 5.74) is 0.767. The lowest BCUT2D eigenvalue weighted by molar-refractivity contribution is 0.322. The quantitative estimate of drug-likeness (QED) is 0.939. The minimum absolute atomic E-state index is 0.287. The molecule has 1 aliphatic heterocycles. The fraction of sp³-hybridized carbons (Fsp3) is 0.467. The van der Waals surface area contributed by atoms with Crippen LogP contribution in [0.4, 0.5) is 0 Å². The second kappa shape index (κ2) is 6.45. The summed E-state index contributed by atoms with van der Waals surface area (Å²) in [5.74, 6) is 2.21. The Kier molecular flexibility index (Phi) is 4.41. The molecule has 1 aliphatic rings. The van der Waals surface area contributed by atoms with Gasteiger partial charge in [0.05, 0.1) is 18.1 Å². The summed E-state index contributed by atoms with van der Waals surface area (Å²) in [7, 11) is 0. The van der Waals surface area contributed by atoms with Crippen LogP contribution in [0.25, 0.3) is 11.4 Å². The lowest BCUT2D eigenvalue weighted by Crippen LogP contribution is -2.28. The van der Waals surface area contributed by atoms with Crippen LogP contribution in [0, 0.1) is 0 Å². The number of hydrogen-bond acceptors (Lipinski definition) is 5. The first-order chi connectivity index (χ1) is 10.3. The van der Waals surface area contributed by atoms with Crippen molar-refractivity contribution in [2.75, 3.05) is 19.7 Å². The standard InChI is InChI=1S/C15H18ClN3O2/c1-2-20-13-6-5-11(16)8-12(13)14-18-15(21-19-14)10-4-3-7-17-9-10/h5-6,8,10,17H,2-4,7,9H2,1H3/t10-/m0/s1. The second-order valence-electron chi connectivity index (χ2n) is 5.07. The van der Waals surface area contributed by atoms with Gasteiger partial charge in [0, 0.05) is 11.6 Å². The van der Waals surface area contributed by atoms with Crippen LogP contribution < -0.4 is 10.1 Å². The van der Waals surface area contributed by atoms with Crippen LogP contribution in [0.3, 0.4) is 0 Å². The summed E-state index contributed by atoms with van der Waals surface area (Å²) in [5, 5.41) is 8.07. The van der Waals surface area contributed by atoms with Gasteiger partial charge in [-0.1, -0.05) is 16.8 Å². The summed E-state index contributed by atoms with van der Waals surface area (Å²) < 4.78 is 11.0. The second-order valence-corrected chi connectivity index (χ2v) is 5.51. The van der Waals surface area contributed by atoms with Crippen LogP contribution in [0.1, 0.15) is 31.6 Å². The summed E-state index contributed by atoms with van der Waals surface area (Å²) in [6, 6.07) is 5.43. The highest BCUT2D eigenvalue weighted by Crippen LogP contribution is 2.32. The van der Waals surface area contributed by atoms with E-state index in [9.17, 15) is 0 Å². The maximum Gasteiger partial charge on any atom is 0.231 e. The van der Waals surface area contributed by atoms with E-state index in [4.69, 9.17) is 20.9 Å². The van der Waals surface area contributed by atoms with Gasteiger partial charge in [-0.2, -0.15) is 4.98 Å². The molecule has 6 heteroatoms. The Morgan fingerprint density at radius 1 is 1.48 bits per heavy atom. The highest BCUT2D eigenvalue weighted by atomic mass is 35.5. The molecule has 5 nitrogen and oxygen atoms in total. The molecule has 0 bridgehead atoms. The highest BCUT2D eigenvalue weighted by molar-refractivity contribution is 6.30. The summed E-state index contributed by atoms with van der Waals surface area (Å²) in [6.45, 7) is 4.45. The van der Waals surface area contributed by atoms with Crippen molar-refractivity contribution in [3.05, 3.63) is 29.1 Å². The van der Waals surface area contributed by atoms with Crippen LogP contribution in [0.15, 0.2) is 22.7 Å². The summed E-state index contributed by atoms with van der Waals surface area (Å²) in [4.78, 5) is 4.53. The van der Waals surface area contributed by atoms with Gasteiger partial charge in [0.2, 0.25) is 11.7 Å². The minimum Gasteiger partial charge on any atom is -0.493 e. The molecule has 1 fully saturated rings. The zero-order valence-corrected chi connectivity index (χ0v) is 12.7. The van der Waals surface area contributed by atoms with Gasteiger partial charge in [-0.15, -0.1) is 0 Å². The molecule has 1 aromatic carbocycles. The molecule has 0 saturated carbocycles. The smallest absolute Gasteiger partial charge is 0.231 e. The number of piperidine rings is 1. The summed E-state index contributed by atoms with van der Waals surface area (Å²) in [6.07, 6.45) is 2.20. The average molecular weight is 308 g/mol. The van der Waals surface area contributed by atoms with Gasteiger partial charge in [-0.25, -0.2) is 0 Å². The predicted octanol–water partition coefficient (Wildman–Crippen LogP) is 3.26. The third-order valence-electron chi connectivity index (χ3n) is 3.57. The SMILES string of the molecule is CCOc1ccc(Cl)cc1-c1noc([C@H]2CCCNC2)n1. The number of nitrogens with one attached hydrogen (secondary N) is 1. The molecular formula is C15H18ClN3O2. The molecule has 0 spiro atoms. The van der Waals surface area contributed by atoms with Crippen molar-refractivity contribution in [3.8, 4) is 17.1 Å². The molecule has 0 unspecified atom stereocenters. The molecule has 2 heterocycles. The van der Waals surface area contributed by atoms with Crippen molar-refractivity contribution in [3.63, 3.8) is 0 Å². The zero-order valence-electron chi connectivity index (χ0n) is 11.9. The molecule has 0 aliphatic carbocycles. The van der Waals surface area contributed by atoms with E-state index in [1.54, 1.807) is 12.1 Å². The van der Waals surface area contributed by atoms with Crippen LogP contribution in [0.5, 0.6) is 5.75 Å². The van der Waals surface area contributed by atoms with Crippen LogP contribution in [0.2, 0.25) is 5.02 Å². The molecule has 112 valence electrons. The molecular weight excluding hydrogens is 290 g/mol. The van der Waals surface area contributed by atoms with Crippen LogP contribution in [-0.4, -0.2) is 29.8 Å². The number of ether oxygens (including phenoxy) is 1. The van der Waals surface area contributed by atoms with E-state index in [-0.39, 0.29) is 5.92 Å². The Hall–Kier alpha value is -1.59. The van der Waals surface area contributed by atoms with Crippen molar-refractivity contribution in [2.45, 2.75) is 25.7 Å². The topological polar surface area (TPSA) is 60.2 Å². The van der Waals surface area contributed by atoms with E-state index < -0.39 is 0 Å². The van der Waals surface area contributed by atoms with Gasteiger partial charge < -0.3 is 14.6 Å². The minimum atomic E-state index is 0.287. The van der Waals surface area contributed by atoms with E-state index in [0.717, 1.165) is 37.2 Å². The molecule has 21 heavy (non-hydrogen) atoms. The number of hydrogen-bond donors (Lipinski definition) is 1. The molecule has 1 N–H and O–H groups in total. The van der Waals surface area contributed by atoms with Gasteiger partial charge in [-0.3, -0.25) is 0 Å². The van der Waals surface area contributed by atoms with Crippen molar-refractivity contribution < 1.29 is 9.26 Å². The predicted molar refractivity (Wildman–Crippen MR) is 80.8 cm³/mol. The van der Waals surface area contributed by atoms with E-state index >= 15 is 0 Å². The zero-order chi connectivity index (χ0) is 14.7. The van der Waals surface area contributed by atoms with E-state index in [1.807, 2.05) is 13.0 Å². The number of rotatable bonds is 4. The Morgan fingerprint density at radius 3 is 3.14 bits per heavy atom. The van der Waals surface area contributed by atoms with E-state index in [2.05, 4.69) is 15.5 Å². The maximum atomic E-state index is 6.07. The van der Waals surface area contributed by atoms with Crippen LogP contribution >= 0.6 is 11.6 Å². The average Bonchev–Trinajstić information content (AvgIpc) is 3.00. The lowest BCUT2D eigenvalue weighted by Gasteiger charge is -2.18. The molecule has 1 atom stereocenters. The van der Waals surface area contributed by atoms with Crippen molar-refractivity contribution in [2.24, 2.45) is 0 Å². The Morgan fingerprint density at radius 2 is 2.38 bits per heavy atom. The molecule has 1 saturated heterocycles. The number of nitrogens with zero attached hydrogens (tertiary/aromatic N) is 2. The first-order valence-corrected chi connectivity index (χ1v) is 7.62. The highest BCUT2D eigenvalue weighted by Gasteiger charge is 2.22. The maximum absolute atomic E-state index is 6.07. The molecule has 2 aromatic rings. The molecule has 3 rings (SSSR count). The number of halogens is 1. The summed E-state index contributed by atoms with van der Waals surface area (Å²) >= 11 is 6.07. The largest absolute Gasteiger partial charge is 0.493 e.